The molecule has 21 heavy (non-hydrogen) atoms. The normalized spacial score (nSPS) is 38.1. The fourth-order valence-electron chi connectivity index (χ4n) is 5.78. The van der Waals surface area contributed by atoms with Crippen molar-refractivity contribution in [1.29, 1.82) is 0 Å². The van der Waals surface area contributed by atoms with Crippen molar-refractivity contribution < 1.29 is 0 Å². The van der Waals surface area contributed by atoms with Crippen molar-refractivity contribution in [2.45, 2.75) is 63.3 Å². The minimum Gasteiger partial charge on any atom is -0.324 e. The van der Waals surface area contributed by atoms with Crippen LogP contribution in [0.4, 0.5) is 0 Å². The van der Waals surface area contributed by atoms with Crippen LogP contribution in [-0.4, -0.2) is 0 Å². The molecule has 0 aromatic heterocycles. The summed E-state index contributed by atoms with van der Waals surface area (Å²) in [5, 5.41) is 0. The molecule has 0 saturated heterocycles. The molecule has 5 rings (SSSR count). The molecule has 4 aliphatic rings. The first-order chi connectivity index (χ1) is 9.68. The third-order valence-electron chi connectivity index (χ3n) is 6.43. The smallest absolute Gasteiger partial charge is 0.0292 e. The third-order valence-corrected chi connectivity index (χ3v) is 6.43. The molecule has 4 fully saturated rings. The van der Waals surface area contributed by atoms with Gasteiger partial charge in [0, 0.05) is 6.04 Å². The van der Waals surface area contributed by atoms with Gasteiger partial charge in [-0.3, -0.25) is 0 Å². The van der Waals surface area contributed by atoms with Crippen molar-refractivity contribution in [3.05, 3.63) is 35.4 Å². The topological polar surface area (TPSA) is 26.0 Å². The molecule has 1 aromatic carbocycles. The van der Waals surface area contributed by atoms with Crippen LogP contribution in [0.2, 0.25) is 0 Å². The van der Waals surface area contributed by atoms with Crippen LogP contribution in [0, 0.1) is 17.8 Å². The van der Waals surface area contributed by atoms with E-state index in [0.717, 1.165) is 24.2 Å². The molecule has 0 radical (unpaired) electrons. The van der Waals surface area contributed by atoms with Gasteiger partial charge in [0.1, 0.15) is 0 Å². The third kappa shape index (κ3) is 2.53. The van der Waals surface area contributed by atoms with E-state index in [1.165, 1.54) is 44.1 Å². The maximum Gasteiger partial charge on any atom is 0.0292 e. The highest BCUT2D eigenvalue weighted by atomic mass is 35.5. The second kappa shape index (κ2) is 5.59. The molecule has 2 N–H and O–H groups in total. The van der Waals surface area contributed by atoms with Gasteiger partial charge in [-0.25, -0.2) is 0 Å². The minimum absolute atomic E-state index is 0. The van der Waals surface area contributed by atoms with Gasteiger partial charge in [-0.2, -0.15) is 0 Å². The number of benzene rings is 1. The first-order valence-corrected chi connectivity index (χ1v) is 8.54. The molecule has 116 valence electrons. The van der Waals surface area contributed by atoms with Gasteiger partial charge >= 0.3 is 0 Å². The minimum atomic E-state index is 0. The highest BCUT2D eigenvalue weighted by Gasteiger charge is 2.51. The van der Waals surface area contributed by atoms with Crippen LogP contribution in [0.1, 0.15) is 69.0 Å². The Morgan fingerprint density at radius 1 is 1.00 bits per heavy atom. The molecule has 4 aliphatic carbocycles. The summed E-state index contributed by atoms with van der Waals surface area (Å²) in [5.41, 5.74) is 9.60. The first kappa shape index (κ1) is 15.4. The standard InChI is InChI=1S/C19H27N.ClH/c1-2-18(20)16-3-5-17(6-4-16)19-10-13-7-14(11-19)9-15(8-13)12-19;/h3-6,13-15,18H,2,7-12,20H2,1H3;1H. The predicted molar refractivity (Wildman–Crippen MR) is 90.8 cm³/mol. The van der Waals surface area contributed by atoms with Crippen LogP contribution < -0.4 is 5.73 Å². The Hall–Kier alpha value is -0.530. The van der Waals surface area contributed by atoms with E-state index in [0.29, 0.717) is 5.41 Å². The molecule has 0 amide bonds. The van der Waals surface area contributed by atoms with Crippen LogP contribution in [0.5, 0.6) is 0 Å². The molecule has 2 heteroatoms. The number of hydrogen-bond donors (Lipinski definition) is 1. The van der Waals surface area contributed by atoms with Crippen molar-refractivity contribution in [1.82, 2.24) is 0 Å². The fourth-order valence-corrected chi connectivity index (χ4v) is 5.78. The average molecular weight is 306 g/mol. The highest BCUT2D eigenvalue weighted by molar-refractivity contribution is 5.85. The van der Waals surface area contributed by atoms with Crippen LogP contribution in [-0.2, 0) is 5.41 Å². The number of halogens is 1. The molecule has 4 saturated carbocycles. The Labute approximate surface area is 135 Å². The van der Waals surface area contributed by atoms with Crippen molar-refractivity contribution in [2.75, 3.05) is 0 Å². The van der Waals surface area contributed by atoms with Gasteiger partial charge in [0.2, 0.25) is 0 Å². The summed E-state index contributed by atoms with van der Waals surface area (Å²) < 4.78 is 0. The van der Waals surface area contributed by atoms with E-state index in [9.17, 15) is 0 Å². The second-order valence-electron chi connectivity index (χ2n) is 7.83. The Balaban J connectivity index is 0.00000132. The van der Waals surface area contributed by atoms with E-state index in [1.54, 1.807) is 5.56 Å². The van der Waals surface area contributed by atoms with E-state index in [2.05, 4.69) is 31.2 Å². The zero-order chi connectivity index (χ0) is 13.7. The quantitative estimate of drug-likeness (QED) is 0.837. The zero-order valence-electron chi connectivity index (χ0n) is 13.1. The summed E-state index contributed by atoms with van der Waals surface area (Å²) in [6.45, 7) is 2.16. The highest BCUT2D eigenvalue weighted by Crippen LogP contribution is 2.60. The SMILES string of the molecule is CCC(N)c1ccc(C23CC4CC(CC(C4)C2)C3)cc1.Cl. The number of nitrogens with two attached hydrogens (primary N) is 1. The average Bonchev–Trinajstić information content (AvgIpc) is 2.45. The molecule has 1 atom stereocenters. The van der Waals surface area contributed by atoms with Gasteiger partial charge in [0.05, 0.1) is 0 Å². The summed E-state index contributed by atoms with van der Waals surface area (Å²) in [5.74, 6) is 3.08. The molecule has 0 aliphatic heterocycles. The van der Waals surface area contributed by atoms with E-state index < -0.39 is 0 Å². The second-order valence-corrected chi connectivity index (χ2v) is 7.83. The number of hydrogen-bond acceptors (Lipinski definition) is 1. The molecule has 1 aromatic rings. The molecule has 1 nitrogen and oxygen atoms in total. The number of rotatable bonds is 3. The van der Waals surface area contributed by atoms with E-state index in [-0.39, 0.29) is 18.4 Å². The lowest BCUT2D eigenvalue weighted by atomic mass is 9.48. The van der Waals surface area contributed by atoms with Gasteiger partial charge < -0.3 is 5.73 Å². The van der Waals surface area contributed by atoms with Gasteiger partial charge in [-0.05, 0) is 79.2 Å². The summed E-state index contributed by atoms with van der Waals surface area (Å²) in [6, 6.07) is 9.60. The van der Waals surface area contributed by atoms with E-state index in [1.807, 2.05) is 0 Å². The van der Waals surface area contributed by atoms with Crippen LogP contribution in [0.25, 0.3) is 0 Å². The lowest BCUT2D eigenvalue weighted by molar-refractivity contribution is -0.00519. The van der Waals surface area contributed by atoms with Gasteiger partial charge in [-0.1, -0.05) is 31.2 Å². The maximum absolute atomic E-state index is 6.15. The van der Waals surface area contributed by atoms with Gasteiger partial charge in [0.25, 0.3) is 0 Å². The van der Waals surface area contributed by atoms with Crippen molar-refractivity contribution in [2.24, 2.45) is 23.5 Å². The van der Waals surface area contributed by atoms with Crippen molar-refractivity contribution in [3.63, 3.8) is 0 Å². The van der Waals surface area contributed by atoms with Crippen molar-refractivity contribution >= 4 is 12.4 Å². The zero-order valence-corrected chi connectivity index (χ0v) is 13.9. The lowest BCUT2D eigenvalue weighted by Gasteiger charge is -2.57. The Morgan fingerprint density at radius 2 is 1.48 bits per heavy atom. The fraction of sp³-hybridized carbons (Fsp3) is 0.684. The molecule has 0 spiro atoms. The largest absolute Gasteiger partial charge is 0.324 e. The van der Waals surface area contributed by atoms with Crippen LogP contribution in [0.3, 0.4) is 0 Å². The maximum atomic E-state index is 6.15. The monoisotopic (exact) mass is 305 g/mol. The Bertz CT molecular complexity index is 458. The molecular formula is C19H28ClN. The summed E-state index contributed by atoms with van der Waals surface area (Å²) >= 11 is 0. The van der Waals surface area contributed by atoms with Crippen molar-refractivity contribution in [3.8, 4) is 0 Å². The first-order valence-electron chi connectivity index (χ1n) is 8.54. The van der Waals surface area contributed by atoms with Crippen LogP contribution in [0.15, 0.2) is 24.3 Å². The van der Waals surface area contributed by atoms with E-state index in [4.69, 9.17) is 5.73 Å². The predicted octanol–water partition coefficient (Wildman–Crippen LogP) is 4.99. The molecule has 4 bridgehead atoms. The van der Waals surface area contributed by atoms with Gasteiger partial charge in [0.15, 0.2) is 0 Å². The molecule has 0 heterocycles. The Morgan fingerprint density at radius 3 is 1.90 bits per heavy atom. The molecular weight excluding hydrogens is 278 g/mol. The Kier molecular flexibility index (Phi) is 4.09. The lowest BCUT2D eigenvalue weighted by Crippen LogP contribution is -2.48. The summed E-state index contributed by atoms with van der Waals surface area (Å²) in [7, 11) is 0. The summed E-state index contributed by atoms with van der Waals surface area (Å²) in [4.78, 5) is 0. The molecule has 1 unspecified atom stereocenters. The van der Waals surface area contributed by atoms with Gasteiger partial charge in [-0.15, -0.1) is 12.4 Å². The summed E-state index contributed by atoms with van der Waals surface area (Å²) in [6.07, 6.45) is 9.97. The van der Waals surface area contributed by atoms with E-state index >= 15 is 0 Å². The van der Waals surface area contributed by atoms with Crippen LogP contribution >= 0.6 is 12.4 Å².